The number of aromatic nitrogens is 2. The molecule has 0 amide bonds. The first-order chi connectivity index (χ1) is 13.1. The van der Waals surface area contributed by atoms with E-state index in [0.717, 1.165) is 16.9 Å². The molecule has 0 aliphatic carbocycles. The van der Waals surface area contributed by atoms with E-state index in [0.29, 0.717) is 21.6 Å². The highest BCUT2D eigenvalue weighted by Crippen LogP contribution is 2.32. The van der Waals surface area contributed by atoms with Crippen LogP contribution in [0.3, 0.4) is 0 Å². The van der Waals surface area contributed by atoms with Crippen molar-refractivity contribution >= 4 is 21.6 Å². The highest BCUT2D eigenvalue weighted by molar-refractivity contribution is 7.17. The number of thiophene rings is 1. The molecule has 2 aromatic carbocycles. The summed E-state index contributed by atoms with van der Waals surface area (Å²) in [4.78, 5) is 18.5. The largest absolute Gasteiger partial charge is 0.497 e. The van der Waals surface area contributed by atoms with E-state index in [4.69, 9.17) is 4.74 Å². The first-order valence-corrected chi connectivity index (χ1v) is 9.33. The first-order valence-electron chi connectivity index (χ1n) is 8.45. The van der Waals surface area contributed by atoms with Crippen LogP contribution < -0.4 is 10.3 Å². The maximum Gasteiger partial charge on any atom is 0.263 e. The number of ether oxygens (including phenoxy) is 1. The van der Waals surface area contributed by atoms with E-state index in [1.165, 1.54) is 22.0 Å². The van der Waals surface area contributed by atoms with E-state index >= 15 is 0 Å². The molecule has 0 bridgehead atoms. The molecule has 27 heavy (non-hydrogen) atoms. The van der Waals surface area contributed by atoms with Gasteiger partial charge in [0.25, 0.3) is 5.56 Å². The Morgan fingerprint density at radius 1 is 1.15 bits per heavy atom. The smallest absolute Gasteiger partial charge is 0.263 e. The van der Waals surface area contributed by atoms with Crippen LogP contribution in [0.1, 0.15) is 11.4 Å². The zero-order valence-corrected chi connectivity index (χ0v) is 15.7. The van der Waals surface area contributed by atoms with Crippen molar-refractivity contribution in [2.45, 2.75) is 13.5 Å². The summed E-state index contributed by atoms with van der Waals surface area (Å²) in [5.41, 5.74) is 2.05. The van der Waals surface area contributed by atoms with Gasteiger partial charge in [-0.15, -0.1) is 11.3 Å². The van der Waals surface area contributed by atoms with Crippen LogP contribution in [0.4, 0.5) is 4.39 Å². The van der Waals surface area contributed by atoms with Gasteiger partial charge in [0.05, 0.1) is 19.0 Å². The summed E-state index contributed by atoms with van der Waals surface area (Å²) in [5.74, 6) is 0.993. The molecule has 0 saturated heterocycles. The molecule has 0 spiro atoms. The van der Waals surface area contributed by atoms with E-state index in [2.05, 4.69) is 4.98 Å². The summed E-state index contributed by atoms with van der Waals surface area (Å²) in [7, 11) is 1.61. The Kier molecular flexibility index (Phi) is 4.49. The van der Waals surface area contributed by atoms with Gasteiger partial charge in [-0.05, 0) is 30.7 Å². The van der Waals surface area contributed by atoms with Crippen LogP contribution in [0.25, 0.3) is 21.3 Å². The van der Waals surface area contributed by atoms with Crippen molar-refractivity contribution in [1.82, 2.24) is 9.55 Å². The molecule has 0 fully saturated rings. The average molecular weight is 380 g/mol. The maximum absolute atomic E-state index is 14.1. The van der Waals surface area contributed by atoms with E-state index in [9.17, 15) is 9.18 Å². The number of halogens is 1. The number of benzene rings is 2. The second-order valence-electron chi connectivity index (χ2n) is 6.20. The third-order valence-corrected chi connectivity index (χ3v) is 5.44. The Morgan fingerprint density at radius 3 is 2.59 bits per heavy atom. The highest BCUT2D eigenvalue weighted by Gasteiger charge is 2.16. The van der Waals surface area contributed by atoms with E-state index in [-0.39, 0.29) is 17.9 Å². The van der Waals surface area contributed by atoms with Crippen LogP contribution in [0.5, 0.6) is 5.75 Å². The molecule has 4 rings (SSSR count). The van der Waals surface area contributed by atoms with Gasteiger partial charge in [0.15, 0.2) is 0 Å². The molecule has 136 valence electrons. The minimum atomic E-state index is -0.329. The average Bonchev–Trinajstić information content (AvgIpc) is 3.10. The highest BCUT2D eigenvalue weighted by atomic mass is 32.1. The molecule has 2 aromatic heterocycles. The molecule has 2 heterocycles. The Morgan fingerprint density at radius 2 is 1.89 bits per heavy atom. The fourth-order valence-corrected chi connectivity index (χ4v) is 4.08. The lowest BCUT2D eigenvalue weighted by atomic mass is 10.1. The lowest BCUT2D eigenvalue weighted by Crippen LogP contribution is -2.24. The van der Waals surface area contributed by atoms with Crippen LogP contribution in [0.2, 0.25) is 0 Å². The number of hydrogen-bond acceptors (Lipinski definition) is 4. The second-order valence-corrected chi connectivity index (χ2v) is 7.06. The van der Waals surface area contributed by atoms with Gasteiger partial charge in [-0.2, -0.15) is 0 Å². The maximum atomic E-state index is 14.1. The number of fused-ring (bicyclic) bond motifs is 1. The van der Waals surface area contributed by atoms with Gasteiger partial charge in [0, 0.05) is 16.5 Å². The summed E-state index contributed by atoms with van der Waals surface area (Å²) in [6, 6.07) is 14.0. The Hall–Kier alpha value is -2.99. The SMILES string of the molecule is COc1ccc(-c2csc3nc(C)n(Cc4ccccc4F)c(=O)c23)cc1. The minimum Gasteiger partial charge on any atom is -0.497 e. The molecular formula is C21H17FN2O2S. The summed E-state index contributed by atoms with van der Waals surface area (Å²) in [5, 5.41) is 2.50. The second kappa shape index (κ2) is 6.96. The molecule has 4 aromatic rings. The van der Waals surface area contributed by atoms with Gasteiger partial charge in [-0.3, -0.25) is 9.36 Å². The monoisotopic (exact) mass is 380 g/mol. The molecule has 0 saturated carbocycles. The topological polar surface area (TPSA) is 44.1 Å². The number of methoxy groups -OCH3 is 1. The lowest BCUT2D eigenvalue weighted by Gasteiger charge is -2.11. The molecule has 4 nitrogen and oxygen atoms in total. The molecule has 0 atom stereocenters. The molecule has 0 unspecified atom stereocenters. The van der Waals surface area contributed by atoms with Crippen molar-refractivity contribution in [3.63, 3.8) is 0 Å². The number of nitrogens with zero attached hydrogens (tertiary/aromatic N) is 2. The first kappa shape index (κ1) is 17.4. The van der Waals surface area contributed by atoms with Crippen molar-refractivity contribution in [2.24, 2.45) is 0 Å². The lowest BCUT2D eigenvalue weighted by molar-refractivity contribution is 0.415. The van der Waals surface area contributed by atoms with E-state index in [1.54, 1.807) is 32.2 Å². The summed E-state index contributed by atoms with van der Waals surface area (Å²) < 4.78 is 20.8. The zero-order valence-electron chi connectivity index (χ0n) is 14.9. The predicted octanol–water partition coefficient (Wildman–Crippen LogP) is 4.63. The van der Waals surface area contributed by atoms with Crippen molar-refractivity contribution in [2.75, 3.05) is 7.11 Å². The summed E-state index contributed by atoms with van der Waals surface area (Å²) in [6.07, 6.45) is 0. The van der Waals surface area contributed by atoms with E-state index in [1.807, 2.05) is 29.6 Å². The van der Waals surface area contributed by atoms with Crippen LogP contribution in [0, 0.1) is 12.7 Å². The normalized spacial score (nSPS) is 11.1. The molecule has 0 radical (unpaired) electrons. The Bertz CT molecular complexity index is 1180. The summed E-state index contributed by atoms with van der Waals surface area (Å²) >= 11 is 1.44. The fourth-order valence-electron chi connectivity index (χ4n) is 3.09. The molecular weight excluding hydrogens is 363 g/mol. The Labute approximate surface area is 159 Å². The van der Waals surface area contributed by atoms with Gasteiger partial charge in [0.1, 0.15) is 22.2 Å². The van der Waals surface area contributed by atoms with Gasteiger partial charge < -0.3 is 4.74 Å². The number of hydrogen-bond donors (Lipinski definition) is 0. The van der Waals surface area contributed by atoms with Crippen molar-refractivity contribution < 1.29 is 9.13 Å². The Balaban J connectivity index is 1.87. The van der Waals surface area contributed by atoms with E-state index < -0.39 is 0 Å². The summed E-state index contributed by atoms with van der Waals surface area (Å²) in [6.45, 7) is 1.92. The third-order valence-electron chi connectivity index (χ3n) is 4.57. The molecule has 0 N–H and O–H groups in total. The van der Waals surface area contributed by atoms with Crippen molar-refractivity contribution in [3.05, 3.63) is 81.5 Å². The quantitative estimate of drug-likeness (QED) is 0.518. The van der Waals surface area contributed by atoms with Crippen LogP contribution in [-0.2, 0) is 6.54 Å². The van der Waals surface area contributed by atoms with Crippen LogP contribution >= 0.6 is 11.3 Å². The van der Waals surface area contributed by atoms with Gasteiger partial charge >= 0.3 is 0 Å². The zero-order chi connectivity index (χ0) is 19.0. The molecule has 6 heteroatoms. The van der Waals surface area contributed by atoms with Crippen molar-refractivity contribution in [3.8, 4) is 16.9 Å². The fraction of sp³-hybridized carbons (Fsp3) is 0.143. The van der Waals surface area contributed by atoms with Gasteiger partial charge in [-0.25, -0.2) is 9.37 Å². The molecule has 0 aliphatic heterocycles. The van der Waals surface area contributed by atoms with Crippen LogP contribution in [-0.4, -0.2) is 16.7 Å². The van der Waals surface area contributed by atoms with Crippen molar-refractivity contribution in [1.29, 1.82) is 0 Å². The predicted molar refractivity (Wildman–Crippen MR) is 106 cm³/mol. The minimum absolute atomic E-state index is 0.151. The van der Waals surface area contributed by atoms with Gasteiger partial charge in [0.2, 0.25) is 0 Å². The van der Waals surface area contributed by atoms with Gasteiger partial charge in [-0.1, -0.05) is 30.3 Å². The number of aryl methyl sites for hydroxylation is 1. The third kappa shape index (κ3) is 3.13. The standard InChI is InChI=1S/C21H17FN2O2S/c1-13-23-20-19(17(12-27-20)14-7-9-16(26-2)10-8-14)21(25)24(13)11-15-5-3-4-6-18(15)22/h3-10,12H,11H2,1-2H3. The van der Waals surface area contributed by atoms with Crippen LogP contribution in [0.15, 0.2) is 58.7 Å². The number of rotatable bonds is 4. The molecule has 0 aliphatic rings.